The summed E-state index contributed by atoms with van der Waals surface area (Å²) in [6.07, 6.45) is 1.68. The molecule has 0 aromatic heterocycles. The van der Waals surface area contributed by atoms with Gasteiger partial charge in [0.2, 0.25) is 0 Å². The number of rotatable bonds is 3. The van der Waals surface area contributed by atoms with E-state index in [1.165, 1.54) is 7.11 Å². The third-order valence-electron chi connectivity index (χ3n) is 3.89. The van der Waals surface area contributed by atoms with Crippen molar-refractivity contribution in [2.24, 2.45) is 5.41 Å². The largest absolute Gasteiger partial charge is 0.494 e. The fourth-order valence-electron chi connectivity index (χ4n) is 2.39. The Morgan fingerprint density at radius 1 is 1.42 bits per heavy atom. The zero-order valence-corrected chi connectivity index (χ0v) is 11.4. The predicted molar refractivity (Wildman–Crippen MR) is 71.2 cm³/mol. The highest BCUT2D eigenvalue weighted by molar-refractivity contribution is 5.31. The van der Waals surface area contributed by atoms with Gasteiger partial charge in [0.15, 0.2) is 11.6 Å². The van der Waals surface area contributed by atoms with Crippen LogP contribution in [0.4, 0.5) is 4.39 Å². The fraction of sp³-hybridized carbons (Fsp3) is 0.533. The van der Waals surface area contributed by atoms with Crippen LogP contribution in [0.25, 0.3) is 0 Å². The van der Waals surface area contributed by atoms with Gasteiger partial charge in [-0.25, -0.2) is 4.39 Å². The Hall–Kier alpha value is -1.60. The van der Waals surface area contributed by atoms with Crippen molar-refractivity contribution in [3.8, 4) is 11.8 Å². The van der Waals surface area contributed by atoms with Gasteiger partial charge in [0.25, 0.3) is 0 Å². The molecule has 0 radical (unpaired) electrons. The van der Waals surface area contributed by atoms with Crippen molar-refractivity contribution in [2.75, 3.05) is 20.2 Å². The van der Waals surface area contributed by atoms with Crippen LogP contribution >= 0.6 is 0 Å². The molecule has 3 nitrogen and oxygen atoms in total. The number of ether oxygens (including phenoxy) is 1. The van der Waals surface area contributed by atoms with Crippen molar-refractivity contribution >= 4 is 0 Å². The molecule has 1 saturated heterocycles. The number of methoxy groups -OCH3 is 1. The van der Waals surface area contributed by atoms with E-state index in [4.69, 9.17) is 10.00 Å². The van der Waals surface area contributed by atoms with Crippen molar-refractivity contribution in [1.29, 1.82) is 5.26 Å². The van der Waals surface area contributed by atoms with Gasteiger partial charge in [0, 0.05) is 12.1 Å². The Balaban J connectivity index is 2.02. The van der Waals surface area contributed by atoms with Crippen LogP contribution in [0, 0.1) is 22.6 Å². The van der Waals surface area contributed by atoms with Crippen molar-refractivity contribution in [1.82, 2.24) is 4.90 Å². The summed E-state index contributed by atoms with van der Waals surface area (Å²) in [4.78, 5) is 2.19. The molecule has 0 aliphatic carbocycles. The maximum atomic E-state index is 14.0. The average Bonchev–Trinajstić information content (AvgIpc) is 2.44. The maximum absolute atomic E-state index is 14.0. The molecule has 4 heteroatoms. The molecule has 0 bridgehead atoms. The van der Waals surface area contributed by atoms with Crippen LogP contribution < -0.4 is 4.74 Å². The molecule has 1 aliphatic rings. The van der Waals surface area contributed by atoms with Crippen molar-refractivity contribution in [2.45, 2.75) is 26.3 Å². The number of benzene rings is 1. The second kappa shape index (κ2) is 5.58. The van der Waals surface area contributed by atoms with Crippen LogP contribution in [0.5, 0.6) is 5.75 Å². The molecule has 102 valence electrons. The topological polar surface area (TPSA) is 36.3 Å². The highest BCUT2D eigenvalue weighted by Gasteiger charge is 2.30. The number of nitrogens with zero attached hydrogens (tertiary/aromatic N) is 2. The molecular weight excluding hydrogens is 243 g/mol. The Labute approximate surface area is 113 Å². The predicted octanol–water partition coefficient (Wildman–Crippen LogP) is 2.96. The SMILES string of the molecule is COc1cccc(CN2CCC(C)(C#N)CC2)c1F. The molecule has 1 aromatic rings. The second-order valence-corrected chi connectivity index (χ2v) is 5.38. The molecule has 2 rings (SSSR count). The van der Waals surface area contributed by atoms with E-state index in [0.29, 0.717) is 12.1 Å². The number of piperidine rings is 1. The fourth-order valence-corrected chi connectivity index (χ4v) is 2.39. The van der Waals surface area contributed by atoms with Crippen LogP contribution in [0.2, 0.25) is 0 Å². The van der Waals surface area contributed by atoms with Gasteiger partial charge >= 0.3 is 0 Å². The van der Waals surface area contributed by atoms with Crippen LogP contribution in [0.3, 0.4) is 0 Å². The highest BCUT2D eigenvalue weighted by Crippen LogP contribution is 2.31. The molecule has 0 amide bonds. The van der Waals surface area contributed by atoms with Gasteiger partial charge in [-0.3, -0.25) is 4.90 Å². The standard InChI is InChI=1S/C15H19FN2O/c1-15(11-17)6-8-18(9-7-15)10-12-4-3-5-13(19-2)14(12)16/h3-5H,6-10H2,1-2H3. The molecular formula is C15H19FN2O. The summed E-state index contributed by atoms with van der Waals surface area (Å²) in [5, 5.41) is 9.09. The monoisotopic (exact) mass is 262 g/mol. The summed E-state index contributed by atoms with van der Waals surface area (Å²) in [5.41, 5.74) is 0.434. The van der Waals surface area contributed by atoms with E-state index in [-0.39, 0.29) is 17.0 Å². The van der Waals surface area contributed by atoms with Crippen LogP contribution in [0.15, 0.2) is 18.2 Å². The molecule has 1 aliphatic heterocycles. The van der Waals surface area contributed by atoms with E-state index in [0.717, 1.165) is 25.9 Å². The molecule has 1 fully saturated rings. The van der Waals surface area contributed by atoms with E-state index in [2.05, 4.69) is 11.0 Å². The zero-order valence-electron chi connectivity index (χ0n) is 11.4. The Morgan fingerprint density at radius 2 is 2.11 bits per heavy atom. The molecule has 0 atom stereocenters. The number of likely N-dealkylation sites (tertiary alicyclic amines) is 1. The Morgan fingerprint density at radius 3 is 2.68 bits per heavy atom. The summed E-state index contributed by atoms with van der Waals surface area (Å²) >= 11 is 0. The number of hydrogen-bond donors (Lipinski definition) is 0. The summed E-state index contributed by atoms with van der Waals surface area (Å²) in [6.45, 7) is 4.24. The van der Waals surface area contributed by atoms with Gasteiger partial charge in [-0.2, -0.15) is 5.26 Å². The van der Waals surface area contributed by atoms with Gasteiger partial charge in [-0.1, -0.05) is 12.1 Å². The van der Waals surface area contributed by atoms with Gasteiger partial charge in [0.1, 0.15) is 0 Å². The van der Waals surface area contributed by atoms with Gasteiger partial charge in [0.05, 0.1) is 18.6 Å². The molecule has 0 N–H and O–H groups in total. The minimum absolute atomic E-state index is 0.219. The van der Waals surface area contributed by atoms with Gasteiger partial charge in [-0.15, -0.1) is 0 Å². The van der Waals surface area contributed by atoms with E-state index in [9.17, 15) is 4.39 Å². The molecule has 1 aromatic carbocycles. The van der Waals surface area contributed by atoms with Gasteiger partial charge in [-0.05, 0) is 38.9 Å². The van der Waals surface area contributed by atoms with E-state index < -0.39 is 0 Å². The van der Waals surface area contributed by atoms with Crippen molar-refractivity contribution in [3.63, 3.8) is 0 Å². The molecule has 19 heavy (non-hydrogen) atoms. The number of hydrogen-bond acceptors (Lipinski definition) is 3. The first-order valence-electron chi connectivity index (χ1n) is 6.53. The lowest BCUT2D eigenvalue weighted by atomic mass is 9.82. The Bertz CT molecular complexity index is 487. The summed E-state index contributed by atoms with van der Waals surface area (Å²) < 4.78 is 19.0. The van der Waals surface area contributed by atoms with Gasteiger partial charge < -0.3 is 4.74 Å². The first-order chi connectivity index (χ1) is 9.08. The minimum atomic E-state index is -0.279. The van der Waals surface area contributed by atoms with E-state index in [1.807, 2.05) is 6.92 Å². The second-order valence-electron chi connectivity index (χ2n) is 5.38. The number of halogens is 1. The molecule has 1 heterocycles. The highest BCUT2D eigenvalue weighted by atomic mass is 19.1. The van der Waals surface area contributed by atoms with Crippen LogP contribution in [0.1, 0.15) is 25.3 Å². The number of nitriles is 1. The lowest BCUT2D eigenvalue weighted by Gasteiger charge is -2.34. The first kappa shape index (κ1) is 13.8. The summed E-state index contributed by atoms with van der Waals surface area (Å²) in [5.74, 6) is 0.00925. The molecule has 0 unspecified atom stereocenters. The molecule has 0 saturated carbocycles. The third kappa shape index (κ3) is 3.05. The van der Waals surface area contributed by atoms with Crippen molar-refractivity contribution in [3.05, 3.63) is 29.6 Å². The summed E-state index contributed by atoms with van der Waals surface area (Å²) in [6, 6.07) is 7.59. The quantitative estimate of drug-likeness (QED) is 0.840. The van der Waals surface area contributed by atoms with Crippen LogP contribution in [-0.2, 0) is 6.54 Å². The normalized spacial score (nSPS) is 18.8. The Kier molecular flexibility index (Phi) is 4.06. The lowest BCUT2D eigenvalue weighted by Crippen LogP contribution is -2.37. The van der Waals surface area contributed by atoms with Crippen molar-refractivity contribution < 1.29 is 9.13 Å². The zero-order chi connectivity index (χ0) is 13.9. The maximum Gasteiger partial charge on any atom is 0.169 e. The smallest absolute Gasteiger partial charge is 0.169 e. The molecule has 0 spiro atoms. The van der Waals surface area contributed by atoms with Crippen LogP contribution in [-0.4, -0.2) is 25.1 Å². The average molecular weight is 262 g/mol. The lowest BCUT2D eigenvalue weighted by molar-refractivity contribution is 0.149. The van der Waals surface area contributed by atoms with E-state index in [1.54, 1.807) is 18.2 Å². The first-order valence-corrected chi connectivity index (χ1v) is 6.53. The van der Waals surface area contributed by atoms with E-state index >= 15 is 0 Å². The summed E-state index contributed by atoms with van der Waals surface area (Å²) in [7, 11) is 1.47. The minimum Gasteiger partial charge on any atom is -0.494 e. The third-order valence-corrected chi connectivity index (χ3v) is 3.89.